The molecule has 0 spiro atoms. The number of ether oxygens (including phenoxy) is 1. The molecule has 4 heterocycles. The third kappa shape index (κ3) is 3.94. The van der Waals surface area contributed by atoms with E-state index in [2.05, 4.69) is 35.1 Å². The summed E-state index contributed by atoms with van der Waals surface area (Å²) in [7, 11) is 1.91. The number of morpholine rings is 1. The zero-order valence-corrected chi connectivity index (χ0v) is 16.2. The molecule has 1 atom stereocenters. The van der Waals surface area contributed by atoms with Crippen LogP contribution >= 0.6 is 0 Å². The van der Waals surface area contributed by atoms with Crippen molar-refractivity contribution in [2.45, 2.75) is 33.0 Å². The van der Waals surface area contributed by atoms with Crippen molar-refractivity contribution in [3.8, 4) is 11.3 Å². The van der Waals surface area contributed by atoms with Crippen molar-refractivity contribution in [1.82, 2.24) is 29.4 Å². The molecule has 3 aromatic rings. The van der Waals surface area contributed by atoms with E-state index in [0.717, 1.165) is 48.8 Å². The number of pyridine rings is 1. The molecule has 1 saturated heterocycles. The Morgan fingerprint density at radius 2 is 2.15 bits per heavy atom. The van der Waals surface area contributed by atoms with Crippen LogP contribution in [0.2, 0.25) is 0 Å². The van der Waals surface area contributed by atoms with Crippen LogP contribution in [-0.2, 0) is 24.9 Å². The van der Waals surface area contributed by atoms with Gasteiger partial charge in [-0.3, -0.25) is 14.3 Å². The highest BCUT2D eigenvalue weighted by molar-refractivity contribution is 5.56. The van der Waals surface area contributed by atoms with Gasteiger partial charge in [-0.1, -0.05) is 6.07 Å². The first-order valence-electron chi connectivity index (χ1n) is 9.45. The Hall–Kier alpha value is -2.51. The summed E-state index contributed by atoms with van der Waals surface area (Å²) < 4.78 is 9.83. The van der Waals surface area contributed by atoms with E-state index in [0.29, 0.717) is 6.61 Å². The van der Waals surface area contributed by atoms with Crippen molar-refractivity contribution in [3.05, 3.63) is 53.7 Å². The molecule has 0 radical (unpaired) electrons. The van der Waals surface area contributed by atoms with Gasteiger partial charge in [0.25, 0.3) is 0 Å². The summed E-state index contributed by atoms with van der Waals surface area (Å²) in [6, 6.07) is 6.11. The molecular formula is C20H26N6O. The number of rotatable bonds is 5. The van der Waals surface area contributed by atoms with E-state index in [1.165, 1.54) is 5.56 Å². The van der Waals surface area contributed by atoms with E-state index in [9.17, 15) is 0 Å². The maximum Gasteiger partial charge on any atom is 0.112 e. The lowest BCUT2D eigenvalue weighted by molar-refractivity contribution is -0.0350. The summed E-state index contributed by atoms with van der Waals surface area (Å²) in [6.07, 6.45) is 5.96. The summed E-state index contributed by atoms with van der Waals surface area (Å²) in [4.78, 5) is 7.26. The first kappa shape index (κ1) is 17.9. The van der Waals surface area contributed by atoms with E-state index < -0.39 is 0 Å². The van der Waals surface area contributed by atoms with Crippen LogP contribution in [-0.4, -0.2) is 49.1 Å². The van der Waals surface area contributed by atoms with Gasteiger partial charge in [-0.25, -0.2) is 4.98 Å². The van der Waals surface area contributed by atoms with Crippen molar-refractivity contribution < 1.29 is 4.74 Å². The van der Waals surface area contributed by atoms with Crippen molar-refractivity contribution in [3.63, 3.8) is 0 Å². The molecule has 0 aromatic carbocycles. The summed E-state index contributed by atoms with van der Waals surface area (Å²) in [5, 5.41) is 8.80. The number of nitrogens with zero attached hydrogens (tertiary/aromatic N) is 6. The molecule has 3 aromatic heterocycles. The molecule has 0 aliphatic carbocycles. The molecule has 4 rings (SSSR count). The Bertz CT molecular complexity index is 915. The average Bonchev–Trinajstić information content (AvgIpc) is 3.28. The molecule has 0 bridgehead atoms. The van der Waals surface area contributed by atoms with Gasteiger partial charge in [-0.05, 0) is 26.0 Å². The first-order valence-corrected chi connectivity index (χ1v) is 9.45. The van der Waals surface area contributed by atoms with Gasteiger partial charge >= 0.3 is 0 Å². The van der Waals surface area contributed by atoms with Crippen LogP contribution in [0.3, 0.4) is 0 Å². The van der Waals surface area contributed by atoms with E-state index in [4.69, 9.17) is 9.72 Å². The van der Waals surface area contributed by atoms with Crippen LogP contribution in [0.1, 0.15) is 30.0 Å². The summed E-state index contributed by atoms with van der Waals surface area (Å²) in [5.74, 6) is 0. The number of hydrogen-bond donors (Lipinski definition) is 0. The Labute approximate surface area is 159 Å². The van der Waals surface area contributed by atoms with Crippen molar-refractivity contribution in [1.29, 1.82) is 0 Å². The van der Waals surface area contributed by atoms with Gasteiger partial charge < -0.3 is 4.74 Å². The largest absolute Gasteiger partial charge is 0.369 e. The second-order valence-electron chi connectivity index (χ2n) is 7.04. The molecular weight excluding hydrogens is 340 g/mol. The zero-order valence-electron chi connectivity index (χ0n) is 16.2. The second-order valence-corrected chi connectivity index (χ2v) is 7.04. The van der Waals surface area contributed by atoms with E-state index in [1.54, 1.807) is 4.68 Å². The second kappa shape index (κ2) is 7.62. The quantitative estimate of drug-likeness (QED) is 0.695. The minimum absolute atomic E-state index is 0.0168. The van der Waals surface area contributed by atoms with Crippen LogP contribution in [0.15, 0.2) is 36.8 Å². The zero-order chi connectivity index (χ0) is 18.8. The molecule has 0 N–H and O–H groups in total. The van der Waals surface area contributed by atoms with Gasteiger partial charge in [0.2, 0.25) is 0 Å². The van der Waals surface area contributed by atoms with Crippen LogP contribution in [0.4, 0.5) is 0 Å². The smallest absolute Gasteiger partial charge is 0.112 e. The van der Waals surface area contributed by atoms with E-state index in [1.807, 2.05) is 42.3 Å². The van der Waals surface area contributed by atoms with Gasteiger partial charge in [0.1, 0.15) is 6.10 Å². The summed E-state index contributed by atoms with van der Waals surface area (Å²) in [6.45, 7) is 8.46. The number of aryl methyl sites for hydroxylation is 3. The fraction of sp³-hybridized carbons (Fsp3) is 0.450. The monoisotopic (exact) mass is 366 g/mol. The average molecular weight is 366 g/mol. The van der Waals surface area contributed by atoms with Gasteiger partial charge in [-0.2, -0.15) is 10.2 Å². The normalized spacial score (nSPS) is 18.1. The Kier molecular flexibility index (Phi) is 5.05. The Balaban J connectivity index is 1.49. The molecule has 7 nitrogen and oxygen atoms in total. The molecule has 1 aliphatic rings. The molecule has 0 amide bonds. The van der Waals surface area contributed by atoms with Crippen LogP contribution in [0, 0.1) is 6.92 Å². The number of hydrogen-bond acceptors (Lipinski definition) is 5. The molecule has 7 heteroatoms. The summed E-state index contributed by atoms with van der Waals surface area (Å²) in [5.41, 5.74) is 5.32. The minimum Gasteiger partial charge on any atom is -0.369 e. The van der Waals surface area contributed by atoms with Gasteiger partial charge in [0.05, 0.1) is 29.9 Å². The predicted octanol–water partition coefficient (Wildman–Crippen LogP) is 2.58. The third-order valence-electron chi connectivity index (χ3n) is 5.02. The molecule has 0 unspecified atom stereocenters. The SMILES string of the molecule is CCn1cc(CN2CCO[C@H](c3cccc(-c4cnn(C)c4)n3)C2)c(C)n1. The Morgan fingerprint density at radius 3 is 2.89 bits per heavy atom. The van der Waals surface area contributed by atoms with Gasteiger partial charge in [0.15, 0.2) is 0 Å². The lowest BCUT2D eigenvalue weighted by Crippen LogP contribution is -2.38. The lowest BCUT2D eigenvalue weighted by atomic mass is 10.1. The van der Waals surface area contributed by atoms with Crippen molar-refractivity contribution >= 4 is 0 Å². The standard InChI is InChI=1S/C20H26N6O/c1-4-26-13-17(15(2)23-26)12-25-8-9-27-20(14-25)19-7-5-6-18(22-19)16-10-21-24(3)11-16/h5-7,10-11,13,20H,4,8-9,12,14H2,1-3H3/t20-/m0/s1. The molecule has 0 saturated carbocycles. The molecule has 1 fully saturated rings. The number of aromatic nitrogens is 5. The van der Waals surface area contributed by atoms with Crippen LogP contribution in [0.25, 0.3) is 11.3 Å². The lowest BCUT2D eigenvalue weighted by Gasteiger charge is -2.32. The highest BCUT2D eigenvalue weighted by Gasteiger charge is 2.24. The van der Waals surface area contributed by atoms with Crippen LogP contribution < -0.4 is 0 Å². The predicted molar refractivity (Wildman–Crippen MR) is 103 cm³/mol. The topological polar surface area (TPSA) is 61.0 Å². The maximum absolute atomic E-state index is 6.04. The highest BCUT2D eigenvalue weighted by Crippen LogP contribution is 2.25. The summed E-state index contributed by atoms with van der Waals surface area (Å²) >= 11 is 0. The van der Waals surface area contributed by atoms with Crippen molar-refractivity contribution in [2.24, 2.45) is 7.05 Å². The van der Waals surface area contributed by atoms with E-state index in [-0.39, 0.29) is 6.10 Å². The van der Waals surface area contributed by atoms with Gasteiger partial charge in [-0.15, -0.1) is 0 Å². The Morgan fingerprint density at radius 1 is 1.26 bits per heavy atom. The molecule has 1 aliphatic heterocycles. The first-order chi connectivity index (χ1) is 13.1. The fourth-order valence-electron chi connectivity index (χ4n) is 3.49. The fourth-order valence-corrected chi connectivity index (χ4v) is 3.49. The van der Waals surface area contributed by atoms with E-state index >= 15 is 0 Å². The highest BCUT2D eigenvalue weighted by atomic mass is 16.5. The maximum atomic E-state index is 6.04. The molecule has 142 valence electrons. The van der Waals surface area contributed by atoms with Gasteiger partial charge in [0, 0.05) is 56.7 Å². The minimum atomic E-state index is -0.0168. The van der Waals surface area contributed by atoms with Crippen LogP contribution in [0.5, 0.6) is 0 Å². The molecule has 27 heavy (non-hydrogen) atoms. The third-order valence-corrected chi connectivity index (χ3v) is 5.02. The van der Waals surface area contributed by atoms with Crippen molar-refractivity contribution in [2.75, 3.05) is 19.7 Å².